The van der Waals surface area contributed by atoms with Gasteiger partial charge in [0, 0.05) is 29.1 Å². The number of nitriles is 1. The summed E-state index contributed by atoms with van der Waals surface area (Å²) in [4.78, 5) is 21.4. The topological polar surface area (TPSA) is 85.3 Å². The maximum Gasteiger partial charge on any atom is 0.275 e. The van der Waals surface area contributed by atoms with Crippen molar-refractivity contribution >= 4 is 22.6 Å². The van der Waals surface area contributed by atoms with Crippen LogP contribution in [0.4, 0.5) is 0 Å². The van der Waals surface area contributed by atoms with Crippen molar-refractivity contribution in [3.05, 3.63) is 63.3 Å². The Hall–Kier alpha value is -2.58. The molecule has 2 aromatic heterocycles. The highest BCUT2D eigenvalue weighted by molar-refractivity contribution is 6.30. The molecule has 0 aliphatic rings. The Labute approximate surface area is 125 Å². The summed E-state index contributed by atoms with van der Waals surface area (Å²) >= 11 is 6.03. The molecule has 3 aromatic rings. The van der Waals surface area contributed by atoms with Gasteiger partial charge in [-0.3, -0.25) is 4.79 Å². The molecule has 0 fully saturated rings. The second kappa shape index (κ2) is 5.43. The molecule has 1 atom stereocenters. The minimum atomic E-state index is -0.229. The highest BCUT2D eigenvalue weighted by Crippen LogP contribution is 2.32. The van der Waals surface area contributed by atoms with Crippen LogP contribution in [0.15, 0.2) is 41.6 Å². The van der Waals surface area contributed by atoms with Crippen LogP contribution in [0.1, 0.15) is 23.5 Å². The first-order chi connectivity index (χ1) is 10.2. The number of nitrogens with one attached hydrogen (secondary N) is 2. The van der Waals surface area contributed by atoms with Crippen molar-refractivity contribution in [2.75, 3.05) is 0 Å². The second-order valence-corrected chi connectivity index (χ2v) is 5.11. The normalized spacial score (nSPS) is 12.2. The average molecular weight is 299 g/mol. The van der Waals surface area contributed by atoms with Crippen LogP contribution < -0.4 is 5.56 Å². The highest BCUT2D eigenvalue weighted by atomic mass is 35.5. The number of aromatic nitrogens is 3. The molecular formula is C15H11ClN4O. The van der Waals surface area contributed by atoms with Crippen LogP contribution in [-0.2, 0) is 0 Å². The lowest BCUT2D eigenvalue weighted by molar-refractivity contribution is 0.843. The molecular weight excluding hydrogens is 288 g/mol. The van der Waals surface area contributed by atoms with Gasteiger partial charge in [-0.1, -0.05) is 23.7 Å². The molecule has 1 aromatic carbocycles. The van der Waals surface area contributed by atoms with Gasteiger partial charge in [0.2, 0.25) is 0 Å². The molecule has 0 saturated carbocycles. The molecule has 21 heavy (non-hydrogen) atoms. The number of fused-ring (bicyclic) bond motifs is 1. The third-order valence-corrected chi connectivity index (χ3v) is 3.66. The molecule has 6 heteroatoms. The second-order valence-electron chi connectivity index (χ2n) is 4.67. The van der Waals surface area contributed by atoms with Crippen LogP contribution in [0.25, 0.3) is 11.0 Å². The number of H-pyrrole nitrogens is 2. The molecule has 0 spiro atoms. The zero-order valence-corrected chi connectivity index (χ0v) is 11.7. The Morgan fingerprint density at radius 2 is 2.24 bits per heavy atom. The van der Waals surface area contributed by atoms with E-state index in [9.17, 15) is 4.79 Å². The van der Waals surface area contributed by atoms with Gasteiger partial charge in [0.05, 0.1) is 17.9 Å². The first kappa shape index (κ1) is 13.4. The number of hydrogen-bond acceptors (Lipinski definition) is 3. The average Bonchev–Trinajstić information content (AvgIpc) is 2.90. The molecule has 0 amide bonds. The Morgan fingerprint density at radius 3 is 3.00 bits per heavy atom. The van der Waals surface area contributed by atoms with Gasteiger partial charge < -0.3 is 9.97 Å². The van der Waals surface area contributed by atoms with Gasteiger partial charge in [-0.25, -0.2) is 4.98 Å². The molecule has 104 valence electrons. The Kier molecular flexibility index (Phi) is 3.46. The molecule has 0 aliphatic heterocycles. The summed E-state index contributed by atoms with van der Waals surface area (Å²) in [5.74, 6) is -0.184. The first-order valence-electron chi connectivity index (χ1n) is 6.38. The monoisotopic (exact) mass is 298 g/mol. The minimum absolute atomic E-state index is 0.184. The first-order valence-corrected chi connectivity index (χ1v) is 6.75. The Balaban J connectivity index is 2.19. The Morgan fingerprint density at radius 1 is 1.38 bits per heavy atom. The fourth-order valence-electron chi connectivity index (χ4n) is 2.46. The summed E-state index contributed by atoms with van der Waals surface area (Å²) in [6.45, 7) is 0. The summed E-state index contributed by atoms with van der Waals surface area (Å²) in [5, 5.41) is 9.72. The molecule has 0 bridgehead atoms. The fraction of sp³-hybridized carbons (Fsp3) is 0.133. The standard InChI is InChI=1S/C15H11ClN4O/c16-10-3-1-2-9(6-10)11(4-5-17)12-7-18-14-13(12)19-8-20-15(14)21/h1-3,6-8,11,18H,4H2,(H,19,20,21). The van der Waals surface area contributed by atoms with Crippen molar-refractivity contribution in [1.82, 2.24) is 15.0 Å². The molecule has 1 unspecified atom stereocenters. The lowest BCUT2D eigenvalue weighted by Gasteiger charge is -2.13. The third-order valence-electron chi connectivity index (χ3n) is 3.42. The zero-order chi connectivity index (χ0) is 14.8. The van der Waals surface area contributed by atoms with Crippen molar-refractivity contribution in [3.8, 4) is 6.07 Å². The maximum atomic E-state index is 11.8. The smallest absolute Gasteiger partial charge is 0.275 e. The van der Waals surface area contributed by atoms with Crippen molar-refractivity contribution in [1.29, 1.82) is 5.26 Å². The third kappa shape index (κ3) is 2.41. The van der Waals surface area contributed by atoms with E-state index in [0.29, 0.717) is 16.1 Å². The summed E-state index contributed by atoms with van der Waals surface area (Å²) in [5.41, 5.74) is 2.51. The molecule has 0 aliphatic carbocycles. The molecule has 0 saturated heterocycles. The highest BCUT2D eigenvalue weighted by Gasteiger charge is 2.20. The fourth-order valence-corrected chi connectivity index (χ4v) is 2.66. The number of rotatable bonds is 3. The SMILES string of the molecule is N#CCC(c1cccc(Cl)c1)c1c[nH]c2c(=O)[nH]cnc12. The summed E-state index contributed by atoms with van der Waals surface area (Å²) in [6.07, 6.45) is 3.38. The molecule has 5 nitrogen and oxygen atoms in total. The van der Waals surface area contributed by atoms with Gasteiger partial charge in [-0.2, -0.15) is 5.26 Å². The van der Waals surface area contributed by atoms with E-state index in [-0.39, 0.29) is 17.9 Å². The van der Waals surface area contributed by atoms with E-state index >= 15 is 0 Å². The summed E-state index contributed by atoms with van der Waals surface area (Å²) in [6, 6.07) is 9.56. The minimum Gasteiger partial charge on any atom is -0.355 e. The summed E-state index contributed by atoms with van der Waals surface area (Å²) < 4.78 is 0. The van der Waals surface area contributed by atoms with Gasteiger partial charge in [-0.15, -0.1) is 0 Å². The maximum absolute atomic E-state index is 11.8. The van der Waals surface area contributed by atoms with E-state index < -0.39 is 0 Å². The predicted molar refractivity (Wildman–Crippen MR) is 80.2 cm³/mol. The van der Waals surface area contributed by atoms with Gasteiger partial charge in [-0.05, 0) is 17.7 Å². The van der Waals surface area contributed by atoms with Crippen LogP contribution in [0.5, 0.6) is 0 Å². The van der Waals surface area contributed by atoms with Crippen LogP contribution in [-0.4, -0.2) is 15.0 Å². The molecule has 0 radical (unpaired) electrons. The summed E-state index contributed by atoms with van der Waals surface area (Å²) in [7, 11) is 0. The van der Waals surface area contributed by atoms with Crippen molar-refractivity contribution < 1.29 is 0 Å². The van der Waals surface area contributed by atoms with Gasteiger partial charge in [0.15, 0.2) is 0 Å². The van der Waals surface area contributed by atoms with Crippen molar-refractivity contribution in [2.24, 2.45) is 0 Å². The number of benzene rings is 1. The predicted octanol–water partition coefficient (Wildman–Crippen LogP) is 2.95. The van der Waals surface area contributed by atoms with Gasteiger partial charge in [0.1, 0.15) is 5.52 Å². The van der Waals surface area contributed by atoms with Crippen LogP contribution >= 0.6 is 11.6 Å². The zero-order valence-electron chi connectivity index (χ0n) is 10.9. The number of hydrogen-bond donors (Lipinski definition) is 2. The molecule has 3 rings (SSSR count). The van der Waals surface area contributed by atoms with Crippen molar-refractivity contribution in [3.63, 3.8) is 0 Å². The van der Waals surface area contributed by atoms with Crippen LogP contribution in [0.3, 0.4) is 0 Å². The number of aromatic amines is 2. The quantitative estimate of drug-likeness (QED) is 0.779. The van der Waals surface area contributed by atoms with E-state index in [1.165, 1.54) is 6.33 Å². The van der Waals surface area contributed by atoms with E-state index in [0.717, 1.165) is 11.1 Å². The van der Waals surface area contributed by atoms with Crippen LogP contribution in [0.2, 0.25) is 5.02 Å². The molecule has 2 N–H and O–H groups in total. The van der Waals surface area contributed by atoms with Crippen LogP contribution in [0, 0.1) is 11.3 Å². The van der Waals surface area contributed by atoms with Gasteiger partial charge in [0.25, 0.3) is 5.56 Å². The van der Waals surface area contributed by atoms with E-state index in [2.05, 4.69) is 21.0 Å². The van der Waals surface area contributed by atoms with E-state index in [1.807, 2.05) is 18.2 Å². The van der Waals surface area contributed by atoms with Crippen molar-refractivity contribution in [2.45, 2.75) is 12.3 Å². The lowest BCUT2D eigenvalue weighted by atomic mass is 9.90. The molecule has 2 heterocycles. The number of halogens is 1. The van der Waals surface area contributed by atoms with Gasteiger partial charge >= 0.3 is 0 Å². The number of nitrogens with zero attached hydrogens (tertiary/aromatic N) is 2. The van der Waals surface area contributed by atoms with E-state index in [4.69, 9.17) is 16.9 Å². The lowest BCUT2D eigenvalue weighted by Crippen LogP contribution is -2.07. The largest absolute Gasteiger partial charge is 0.355 e. The van der Waals surface area contributed by atoms with E-state index in [1.54, 1.807) is 12.3 Å². The Bertz CT molecular complexity index is 890.